The van der Waals surface area contributed by atoms with E-state index in [4.69, 9.17) is 11.0 Å². The molecular formula is C24H28N8O. The Hall–Kier alpha value is -3.90. The first kappa shape index (κ1) is 22.3. The van der Waals surface area contributed by atoms with Gasteiger partial charge in [0.15, 0.2) is 0 Å². The summed E-state index contributed by atoms with van der Waals surface area (Å²) >= 11 is 0. The molecule has 1 fully saturated rings. The number of H-pyrrole nitrogens is 1. The molecule has 2 aromatic heterocycles. The third-order valence-corrected chi connectivity index (χ3v) is 5.52. The molecule has 3 heterocycles. The van der Waals surface area contributed by atoms with E-state index in [2.05, 4.69) is 45.5 Å². The second-order valence-corrected chi connectivity index (χ2v) is 8.50. The van der Waals surface area contributed by atoms with Crippen molar-refractivity contribution in [1.29, 1.82) is 5.26 Å². The third kappa shape index (κ3) is 5.30. The Kier molecular flexibility index (Phi) is 6.56. The normalized spacial score (nSPS) is 14.2. The Balaban J connectivity index is 1.56. The molecule has 1 aromatic carbocycles. The molecule has 0 atom stereocenters. The summed E-state index contributed by atoms with van der Waals surface area (Å²) in [6, 6.07) is 11.5. The van der Waals surface area contributed by atoms with Gasteiger partial charge in [0.05, 0.1) is 29.1 Å². The predicted molar refractivity (Wildman–Crippen MR) is 128 cm³/mol. The maximum Gasteiger partial charge on any atom is 0.271 e. The summed E-state index contributed by atoms with van der Waals surface area (Å²) in [5, 5.41) is 15.7. The van der Waals surface area contributed by atoms with Crippen LogP contribution in [0.4, 0.5) is 17.2 Å². The molecule has 33 heavy (non-hydrogen) atoms. The van der Waals surface area contributed by atoms with Crippen LogP contribution in [0.15, 0.2) is 42.7 Å². The molecule has 3 aromatic rings. The highest BCUT2D eigenvalue weighted by Gasteiger charge is 2.23. The highest BCUT2D eigenvalue weighted by molar-refractivity contribution is 5.93. The van der Waals surface area contributed by atoms with Gasteiger partial charge in [0.25, 0.3) is 5.91 Å². The van der Waals surface area contributed by atoms with Crippen LogP contribution in [0, 0.1) is 11.3 Å². The van der Waals surface area contributed by atoms with Crippen LogP contribution < -0.4 is 16.4 Å². The number of likely N-dealkylation sites (tertiary alicyclic amines) is 1. The molecule has 0 aliphatic carbocycles. The van der Waals surface area contributed by atoms with Crippen molar-refractivity contribution in [2.24, 2.45) is 5.73 Å². The van der Waals surface area contributed by atoms with Gasteiger partial charge in [-0.1, -0.05) is 0 Å². The SMILES string of the molecule is CC(C)Nc1cc(Nc2ccc(C#N)cc2)ncc1-c1ncc(C(=O)N2CCC(N)CC2)[nH]1. The van der Waals surface area contributed by atoms with Gasteiger partial charge in [-0.3, -0.25) is 4.79 Å². The second-order valence-electron chi connectivity index (χ2n) is 8.50. The molecule has 0 unspecified atom stereocenters. The smallest absolute Gasteiger partial charge is 0.271 e. The molecule has 1 saturated heterocycles. The summed E-state index contributed by atoms with van der Waals surface area (Å²) < 4.78 is 0. The van der Waals surface area contributed by atoms with Crippen molar-refractivity contribution >= 4 is 23.1 Å². The molecule has 9 heteroatoms. The van der Waals surface area contributed by atoms with Crippen molar-refractivity contribution in [3.8, 4) is 17.5 Å². The number of carbonyl (C=O) groups is 1. The van der Waals surface area contributed by atoms with Crippen LogP contribution in [-0.2, 0) is 0 Å². The number of nitrogens with two attached hydrogens (primary N) is 1. The minimum atomic E-state index is -0.0638. The van der Waals surface area contributed by atoms with Crippen molar-refractivity contribution in [3.63, 3.8) is 0 Å². The fourth-order valence-corrected chi connectivity index (χ4v) is 3.76. The Labute approximate surface area is 193 Å². The number of aromatic amines is 1. The first-order valence-electron chi connectivity index (χ1n) is 11.1. The number of nitriles is 1. The highest BCUT2D eigenvalue weighted by atomic mass is 16.2. The van der Waals surface area contributed by atoms with Gasteiger partial charge in [-0.15, -0.1) is 0 Å². The minimum absolute atomic E-state index is 0.0638. The second kappa shape index (κ2) is 9.71. The van der Waals surface area contributed by atoms with Crippen molar-refractivity contribution < 1.29 is 4.79 Å². The molecule has 1 aliphatic heterocycles. The summed E-state index contributed by atoms with van der Waals surface area (Å²) in [5.74, 6) is 1.16. The standard InChI is InChI=1S/C24H28N8O/c1-15(2)29-20-11-22(30-18-5-3-16(12-25)4-6-18)27-13-19(20)23-28-14-21(31-23)24(33)32-9-7-17(26)8-10-32/h3-6,11,13-15,17H,7-10,26H2,1-2H3,(H,28,31)(H2,27,29,30). The molecule has 0 radical (unpaired) electrons. The Morgan fingerprint density at radius 1 is 1.21 bits per heavy atom. The first-order chi connectivity index (χ1) is 15.9. The maximum absolute atomic E-state index is 12.9. The number of pyridine rings is 1. The van der Waals surface area contributed by atoms with E-state index in [1.165, 1.54) is 0 Å². The molecular weight excluding hydrogens is 416 g/mol. The van der Waals surface area contributed by atoms with Crippen LogP contribution in [0.2, 0.25) is 0 Å². The van der Waals surface area contributed by atoms with Gasteiger partial charge in [-0.25, -0.2) is 9.97 Å². The summed E-state index contributed by atoms with van der Waals surface area (Å²) in [6.45, 7) is 5.42. The number of hydrogen-bond acceptors (Lipinski definition) is 7. The number of hydrogen-bond donors (Lipinski definition) is 4. The molecule has 9 nitrogen and oxygen atoms in total. The summed E-state index contributed by atoms with van der Waals surface area (Å²) in [6.07, 6.45) is 4.93. The molecule has 4 rings (SSSR count). The number of carbonyl (C=O) groups excluding carboxylic acids is 1. The Bertz CT molecular complexity index is 1150. The lowest BCUT2D eigenvalue weighted by Crippen LogP contribution is -2.42. The molecule has 0 spiro atoms. The Morgan fingerprint density at radius 2 is 1.94 bits per heavy atom. The fourth-order valence-electron chi connectivity index (χ4n) is 3.76. The zero-order valence-electron chi connectivity index (χ0n) is 18.8. The van der Waals surface area contributed by atoms with Gasteiger partial charge in [0.1, 0.15) is 17.3 Å². The number of nitrogens with zero attached hydrogens (tertiary/aromatic N) is 4. The van der Waals surface area contributed by atoms with Crippen molar-refractivity contribution in [2.75, 3.05) is 23.7 Å². The van der Waals surface area contributed by atoms with E-state index in [0.717, 1.165) is 29.8 Å². The number of anilines is 3. The third-order valence-electron chi connectivity index (χ3n) is 5.52. The molecule has 1 aliphatic rings. The number of benzene rings is 1. The Morgan fingerprint density at radius 3 is 2.61 bits per heavy atom. The summed E-state index contributed by atoms with van der Waals surface area (Å²) in [5.41, 5.74) is 9.45. The van der Waals surface area contributed by atoms with E-state index in [1.54, 1.807) is 24.5 Å². The van der Waals surface area contributed by atoms with E-state index in [-0.39, 0.29) is 18.0 Å². The average molecular weight is 445 g/mol. The van der Waals surface area contributed by atoms with E-state index in [0.29, 0.717) is 36.0 Å². The number of rotatable bonds is 6. The van der Waals surface area contributed by atoms with Gasteiger partial charge >= 0.3 is 0 Å². The van der Waals surface area contributed by atoms with Crippen molar-refractivity contribution in [1.82, 2.24) is 19.9 Å². The minimum Gasteiger partial charge on any atom is -0.382 e. The van der Waals surface area contributed by atoms with Crippen LogP contribution in [0.3, 0.4) is 0 Å². The van der Waals surface area contributed by atoms with Gasteiger partial charge in [-0.2, -0.15) is 5.26 Å². The summed E-state index contributed by atoms with van der Waals surface area (Å²) in [4.78, 5) is 26.8. The van der Waals surface area contributed by atoms with Gasteiger partial charge in [0, 0.05) is 43.1 Å². The summed E-state index contributed by atoms with van der Waals surface area (Å²) in [7, 11) is 0. The fraction of sp³-hybridized carbons (Fsp3) is 0.333. The van der Waals surface area contributed by atoms with E-state index >= 15 is 0 Å². The van der Waals surface area contributed by atoms with E-state index in [9.17, 15) is 4.79 Å². The van der Waals surface area contributed by atoms with Crippen LogP contribution in [0.1, 0.15) is 42.7 Å². The lowest BCUT2D eigenvalue weighted by molar-refractivity contribution is 0.0709. The van der Waals surface area contributed by atoms with Crippen LogP contribution in [0.25, 0.3) is 11.4 Å². The average Bonchev–Trinajstić information content (AvgIpc) is 3.29. The van der Waals surface area contributed by atoms with Gasteiger partial charge in [-0.05, 0) is 51.0 Å². The van der Waals surface area contributed by atoms with Crippen LogP contribution in [0.5, 0.6) is 0 Å². The number of nitrogens with one attached hydrogen (secondary N) is 3. The van der Waals surface area contributed by atoms with Gasteiger partial charge in [0.2, 0.25) is 0 Å². The topological polar surface area (TPSA) is 136 Å². The number of imidazole rings is 1. The molecule has 170 valence electrons. The lowest BCUT2D eigenvalue weighted by Gasteiger charge is -2.29. The van der Waals surface area contributed by atoms with E-state index in [1.807, 2.05) is 23.1 Å². The molecule has 0 saturated carbocycles. The quantitative estimate of drug-likeness (QED) is 0.457. The lowest BCUT2D eigenvalue weighted by atomic mass is 10.1. The zero-order valence-corrected chi connectivity index (χ0v) is 18.8. The van der Waals surface area contributed by atoms with Crippen molar-refractivity contribution in [3.05, 3.63) is 54.0 Å². The monoisotopic (exact) mass is 444 g/mol. The van der Waals surface area contributed by atoms with Crippen molar-refractivity contribution in [2.45, 2.75) is 38.8 Å². The van der Waals surface area contributed by atoms with Crippen LogP contribution >= 0.6 is 0 Å². The largest absolute Gasteiger partial charge is 0.382 e. The number of amides is 1. The predicted octanol–water partition coefficient (Wildman–Crippen LogP) is 3.47. The first-order valence-corrected chi connectivity index (χ1v) is 11.1. The highest BCUT2D eigenvalue weighted by Crippen LogP contribution is 2.29. The molecule has 0 bridgehead atoms. The molecule has 5 N–H and O–H groups in total. The number of aromatic nitrogens is 3. The maximum atomic E-state index is 12.9. The van der Waals surface area contributed by atoms with Gasteiger partial charge < -0.3 is 26.3 Å². The van der Waals surface area contributed by atoms with E-state index < -0.39 is 0 Å². The zero-order chi connectivity index (χ0) is 23.4. The number of piperidine rings is 1. The molecule has 1 amide bonds. The van der Waals surface area contributed by atoms with Crippen LogP contribution in [-0.4, -0.2) is 50.9 Å².